The molecule has 2 aromatic carbocycles. The van der Waals surface area contributed by atoms with E-state index in [1.54, 1.807) is 33.5 Å². The Morgan fingerprint density at radius 3 is 2.37 bits per heavy atom. The van der Waals surface area contributed by atoms with E-state index in [4.69, 9.17) is 0 Å². The fourth-order valence-electron chi connectivity index (χ4n) is 6.56. The molecule has 4 heterocycles. The molecule has 4 aliphatic rings. The van der Waals surface area contributed by atoms with Crippen LogP contribution in [0.1, 0.15) is 17.2 Å². The van der Waals surface area contributed by atoms with Crippen LogP contribution in [0.15, 0.2) is 85.0 Å². The van der Waals surface area contributed by atoms with Gasteiger partial charge in [0.25, 0.3) is 0 Å². The van der Waals surface area contributed by atoms with Crippen LogP contribution in [0.25, 0.3) is 0 Å². The zero-order chi connectivity index (χ0) is 26.4. The van der Waals surface area contributed by atoms with Crippen molar-refractivity contribution in [2.45, 2.75) is 28.6 Å². The van der Waals surface area contributed by atoms with Gasteiger partial charge in [-0.05, 0) is 11.1 Å². The number of thioether (sulfide) groups is 1. The largest absolute Gasteiger partial charge is 0.394 e. The summed E-state index contributed by atoms with van der Waals surface area (Å²) in [5.74, 6) is -1.74. The van der Waals surface area contributed by atoms with E-state index in [1.807, 2.05) is 85.0 Å². The quantitative estimate of drug-likeness (QED) is 0.603. The van der Waals surface area contributed by atoms with Gasteiger partial charge in [-0.1, -0.05) is 85.0 Å². The van der Waals surface area contributed by atoms with Gasteiger partial charge in [0.15, 0.2) is 0 Å². The molecule has 3 amide bonds. The molecule has 2 saturated heterocycles. The zero-order valence-corrected chi connectivity index (χ0v) is 22.0. The third-order valence-electron chi connectivity index (χ3n) is 8.29. The Morgan fingerprint density at radius 1 is 0.947 bits per heavy atom. The molecule has 2 fully saturated rings. The lowest BCUT2D eigenvalue weighted by Gasteiger charge is -2.38. The molecule has 2 aromatic rings. The smallest absolute Gasteiger partial charge is 0.247 e. The first-order chi connectivity index (χ1) is 18.5. The molecule has 6 atom stereocenters. The van der Waals surface area contributed by atoms with Gasteiger partial charge in [0.2, 0.25) is 17.7 Å². The number of carbonyl (C=O) groups excluding carboxylic acids is 3. The number of fused-ring (bicyclic) bond motifs is 2. The van der Waals surface area contributed by atoms with Crippen molar-refractivity contribution in [1.82, 2.24) is 14.7 Å². The molecule has 196 valence electrons. The molecule has 0 radical (unpaired) electrons. The molecule has 38 heavy (non-hydrogen) atoms. The highest BCUT2D eigenvalue weighted by Crippen LogP contribution is 2.62. The Kier molecular flexibility index (Phi) is 6.40. The second-order valence-corrected chi connectivity index (χ2v) is 11.9. The maximum absolute atomic E-state index is 14.5. The minimum Gasteiger partial charge on any atom is -0.394 e. The summed E-state index contributed by atoms with van der Waals surface area (Å²) in [4.78, 5) is 47.6. The van der Waals surface area contributed by atoms with Crippen molar-refractivity contribution in [3.63, 3.8) is 0 Å². The first kappa shape index (κ1) is 24.9. The van der Waals surface area contributed by atoms with Crippen molar-refractivity contribution < 1.29 is 19.5 Å². The van der Waals surface area contributed by atoms with Gasteiger partial charge < -0.3 is 19.8 Å². The van der Waals surface area contributed by atoms with Gasteiger partial charge in [-0.15, -0.1) is 11.8 Å². The molecule has 8 heteroatoms. The van der Waals surface area contributed by atoms with Crippen molar-refractivity contribution in [1.29, 1.82) is 0 Å². The number of aliphatic hydroxyl groups excluding tert-OH is 1. The summed E-state index contributed by atoms with van der Waals surface area (Å²) in [5, 5.41) is 10.4. The van der Waals surface area contributed by atoms with Gasteiger partial charge in [-0.25, -0.2) is 0 Å². The maximum atomic E-state index is 14.5. The minimum absolute atomic E-state index is 0.0742. The monoisotopic (exact) mass is 529 g/mol. The van der Waals surface area contributed by atoms with E-state index < -0.39 is 28.7 Å². The summed E-state index contributed by atoms with van der Waals surface area (Å²) in [6.07, 6.45) is 8.01. The maximum Gasteiger partial charge on any atom is 0.247 e. The zero-order valence-electron chi connectivity index (χ0n) is 21.2. The number of aliphatic hydroxyl groups is 1. The van der Waals surface area contributed by atoms with Gasteiger partial charge in [0.1, 0.15) is 6.04 Å². The lowest BCUT2D eigenvalue weighted by Crippen LogP contribution is -2.54. The fraction of sp³-hybridized carbons (Fsp3) is 0.367. The summed E-state index contributed by atoms with van der Waals surface area (Å²) in [7, 11) is 1.76. The SMILES string of the molecule is CN1CC=C[C@H]2S[C@]34C=CCN(Cc5ccccc5)C(=O)C3N([C@H](CO)c3ccccc3)C(=O)[C@@H]4[C@H]2C1=O. The van der Waals surface area contributed by atoms with Crippen LogP contribution in [0.4, 0.5) is 0 Å². The Bertz CT molecular complexity index is 1300. The second kappa shape index (κ2) is 9.75. The second-order valence-electron chi connectivity index (χ2n) is 10.5. The third kappa shape index (κ3) is 3.81. The third-order valence-corrected chi connectivity index (χ3v) is 10.0. The number of nitrogens with zero attached hydrogens (tertiary/aromatic N) is 3. The van der Waals surface area contributed by atoms with E-state index in [1.165, 1.54) is 0 Å². The van der Waals surface area contributed by atoms with E-state index in [2.05, 4.69) is 0 Å². The average Bonchev–Trinajstić information content (AvgIpc) is 3.27. The van der Waals surface area contributed by atoms with E-state index in [0.29, 0.717) is 19.6 Å². The predicted octanol–water partition coefficient (Wildman–Crippen LogP) is 2.64. The molecule has 4 aliphatic heterocycles. The lowest BCUT2D eigenvalue weighted by molar-refractivity contribution is -0.147. The van der Waals surface area contributed by atoms with Crippen LogP contribution < -0.4 is 0 Å². The molecule has 0 bridgehead atoms. The average molecular weight is 530 g/mol. The van der Waals surface area contributed by atoms with Crippen LogP contribution in [0.3, 0.4) is 0 Å². The van der Waals surface area contributed by atoms with Crippen LogP contribution in [-0.2, 0) is 20.9 Å². The first-order valence-corrected chi connectivity index (χ1v) is 13.9. The summed E-state index contributed by atoms with van der Waals surface area (Å²) < 4.78 is -0.907. The van der Waals surface area contributed by atoms with Crippen molar-refractivity contribution in [2.75, 3.05) is 26.7 Å². The van der Waals surface area contributed by atoms with E-state index in [0.717, 1.165) is 11.1 Å². The number of amides is 3. The Hall–Kier alpha value is -3.36. The predicted molar refractivity (Wildman–Crippen MR) is 146 cm³/mol. The van der Waals surface area contributed by atoms with Crippen LogP contribution in [-0.4, -0.2) is 80.3 Å². The normalized spacial score (nSPS) is 31.1. The molecule has 1 N–H and O–H groups in total. The fourth-order valence-corrected chi connectivity index (χ4v) is 8.55. The van der Waals surface area contributed by atoms with Gasteiger partial charge in [-0.3, -0.25) is 14.4 Å². The molecular weight excluding hydrogens is 498 g/mol. The molecular formula is C30H31N3O4S. The summed E-state index contributed by atoms with van der Waals surface area (Å²) in [6.45, 7) is 1.00. The Morgan fingerprint density at radius 2 is 1.66 bits per heavy atom. The summed E-state index contributed by atoms with van der Waals surface area (Å²) in [6, 6.07) is 17.6. The van der Waals surface area contributed by atoms with Gasteiger partial charge in [-0.2, -0.15) is 0 Å². The lowest BCUT2D eigenvalue weighted by atomic mass is 9.78. The van der Waals surface area contributed by atoms with Crippen LogP contribution >= 0.6 is 11.8 Å². The van der Waals surface area contributed by atoms with Crippen LogP contribution in [0.5, 0.6) is 0 Å². The van der Waals surface area contributed by atoms with Gasteiger partial charge in [0, 0.05) is 31.9 Å². The van der Waals surface area contributed by atoms with Gasteiger partial charge in [0.05, 0.1) is 29.2 Å². The number of likely N-dealkylation sites (N-methyl/N-ethyl adjacent to an activating group) is 1. The highest BCUT2D eigenvalue weighted by atomic mass is 32.2. The molecule has 0 aliphatic carbocycles. The number of carbonyl (C=O) groups is 3. The molecule has 0 saturated carbocycles. The molecule has 6 rings (SSSR count). The molecule has 0 aromatic heterocycles. The standard InChI is InChI=1S/C30H31N3O4S/c1-31-16-8-14-23-24(27(31)35)25-28(36)33(22(19-34)21-12-6-3-7-13-21)26-29(37)32(17-9-15-30(25,26)38-23)18-20-10-4-2-5-11-20/h2-15,22-26,34H,16-19H2,1H3/t22-,23-,24+,25+,26?,30+/m1/s1. The Labute approximate surface area is 226 Å². The summed E-state index contributed by atoms with van der Waals surface area (Å²) >= 11 is 1.56. The first-order valence-electron chi connectivity index (χ1n) is 13.0. The minimum atomic E-state index is -0.907. The number of rotatable bonds is 5. The molecule has 1 unspecified atom stereocenters. The van der Waals surface area contributed by atoms with E-state index in [-0.39, 0.29) is 29.6 Å². The van der Waals surface area contributed by atoms with E-state index in [9.17, 15) is 19.5 Å². The highest BCUT2D eigenvalue weighted by molar-refractivity contribution is 8.02. The number of likely N-dealkylation sites (tertiary alicyclic amines) is 1. The van der Waals surface area contributed by atoms with E-state index >= 15 is 0 Å². The molecule has 7 nitrogen and oxygen atoms in total. The van der Waals surface area contributed by atoms with Crippen LogP contribution in [0.2, 0.25) is 0 Å². The number of hydrogen-bond donors (Lipinski definition) is 1. The number of hydrogen-bond acceptors (Lipinski definition) is 5. The highest BCUT2D eigenvalue weighted by Gasteiger charge is 2.71. The van der Waals surface area contributed by atoms with Crippen molar-refractivity contribution in [2.24, 2.45) is 11.8 Å². The van der Waals surface area contributed by atoms with Crippen molar-refractivity contribution in [3.05, 3.63) is 96.1 Å². The molecule has 1 spiro atoms. The Balaban J connectivity index is 1.48. The van der Waals surface area contributed by atoms with Gasteiger partial charge >= 0.3 is 0 Å². The number of benzene rings is 2. The topological polar surface area (TPSA) is 81.2 Å². The summed E-state index contributed by atoms with van der Waals surface area (Å²) in [5.41, 5.74) is 1.77. The van der Waals surface area contributed by atoms with Crippen molar-refractivity contribution >= 4 is 29.5 Å². The van der Waals surface area contributed by atoms with Crippen LogP contribution in [0, 0.1) is 11.8 Å². The van der Waals surface area contributed by atoms with Crippen molar-refractivity contribution in [3.8, 4) is 0 Å².